The number of hydrogen-bond acceptors (Lipinski definition) is 7. The van der Waals surface area contributed by atoms with Crippen molar-refractivity contribution in [2.45, 2.75) is 143 Å². The molecule has 4 aliphatic rings. The Morgan fingerprint density at radius 2 is 1.70 bits per heavy atom. The van der Waals surface area contributed by atoms with Gasteiger partial charge in [-0.2, -0.15) is 0 Å². The molecular weight excluding hydrogens is 582 g/mol. The lowest BCUT2D eigenvalue weighted by Gasteiger charge is -2.63. The van der Waals surface area contributed by atoms with Crippen LogP contribution in [-0.2, 0) is 14.3 Å². The lowest BCUT2D eigenvalue weighted by atomic mass is 9.43. The van der Waals surface area contributed by atoms with Gasteiger partial charge in [0, 0.05) is 17.9 Å². The van der Waals surface area contributed by atoms with Gasteiger partial charge in [-0.25, -0.2) is 0 Å². The highest BCUT2D eigenvalue weighted by Crippen LogP contribution is 2.69. The lowest BCUT2D eigenvalue weighted by Crippen LogP contribution is -2.59. The number of aromatic hydroxyl groups is 2. The maximum Gasteiger partial charge on any atom is 0.306 e. The van der Waals surface area contributed by atoms with Crippen LogP contribution in [0.2, 0.25) is 0 Å². The highest BCUT2D eigenvalue weighted by Gasteiger charge is 2.64. The van der Waals surface area contributed by atoms with E-state index in [2.05, 4.69) is 39.9 Å². The van der Waals surface area contributed by atoms with Crippen molar-refractivity contribution >= 4 is 17.6 Å². The number of phenolic OH excluding ortho intramolecular Hbond substituents is 2. The predicted octanol–water partition coefficient (Wildman–Crippen LogP) is 7.24. The maximum atomic E-state index is 13.3. The quantitative estimate of drug-likeness (QED) is 0.103. The molecule has 1 aromatic rings. The summed E-state index contributed by atoms with van der Waals surface area (Å²) in [4.78, 5) is 26.0. The Morgan fingerprint density at radius 1 is 1.00 bits per heavy atom. The summed E-state index contributed by atoms with van der Waals surface area (Å²) in [5, 5.41) is 45.3. The molecule has 4 saturated carbocycles. The normalized spacial score (nSPS) is 36.7. The first kappa shape index (κ1) is 35.0. The molecule has 8 nitrogen and oxygen atoms in total. The minimum absolute atomic E-state index is 0.0298. The van der Waals surface area contributed by atoms with Crippen molar-refractivity contribution in [3.8, 4) is 11.5 Å². The van der Waals surface area contributed by atoms with Crippen LogP contribution in [0.15, 0.2) is 12.1 Å². The second-order valence-electron chi connectivity index (χ2n) is 16.7. The van der Waals surface area contributed by atoms with E-state index in [-0.39, 0.29) is 64.4 Å². The van der Waals surface area contributed by atoms with E-state index in [1.807, 2.05) is 0 Å². The molecular formula is C38H59NO7. The van der Waals surface area contributed by atoms with Crippen LogP contribution in [0.5, 0.6) is 11.5 Å². The Balaban J connectivity index is 1.28. The van der Waals surface area contributed by atoms with Gasteiger partial charge in [0.2, 0.25) is 5.91 Å². The van der Waals surface area contributed by atoms with E-state index in [0.717, 1.165) is 64.2 Å². The van der Waals surface area contributed by atoms with E-state index in [1.54, 1.807) is 6.92 Å². The van der Waals surface area contributed by atoms with Crippen LogP contribution in [0.3, 0.4) is 0 Å². The van der Waals surface area contributed by atoms with Gasteiger partial charge in [-0.15, -0.1) is 0 Å². The Labute approximate surface area is 275 Å². The summed E-state index contributed by atoms with van der Waals surface area (Å²) in [6, 6.07) is 2.83. The first-order valence-electron chi connectivity index (χ1n) is 18.0. The average Bonchev–Trinajstić information content (AvgIpc) is 3.35. The Hall–Kier alpha value is -2.32. The molecule has 0 spiro atoms. The fourth-order valence-corrected chi connectivity index (χ4v) is 10.9. The zero-order valence-electron chi connectivity index (χ0n) is 29.0. The molecule has 1 aromatic carbocycles. The number of carbonyl (C=O) groups excluding carboxylic acids is 2. The molecule has 0 heterocycles. The number of aliphatic hydroxyl groups is 2. The number of aliphatic hydroxyl groups excluding tert-OH is 1. The number of phenols is 2. The Kier molecular flexibility index (Phi) is 10.1. The van der Waals surface area contributed by atoms with Crippen LogP contribution < -0.4 is 5.32 Å². The largest absolute Gasteiger partial charge is 0.508 e. The van der Waals surface area contributed by atoms with Crippen molar-refractivity contribution in [3.05, 3.63) is 17.7 Å². The smallest absolute Gasteiger partial charge is 0.306 e. The summed E-state index contributed by atoms with van der Waals surface area (Å²) in [7, 11) is 0. The zero-order chi connectivity index (χ0) is 33.6. The highest BCUT2D eigenvalue weighted by atomic mass is 16.5. The summed E-state index contributed by atoms with van der Waals surface area (Å²) in [5.41, 5.74) is -0.216. The zero-order valence-corrected chi connectivity index (χ0v) is 29.0. The summed E-state index contributed by atoms with van der Waals surface area (Å²) >= 11 is 0. The third kappa shape index (κ3) is 6.67. The molecule has 1 amide bonds. The third-order valence-corrected chi connectivity index (χ3v) is 13.4. The van der Waals surface area contributed by atoms with Crippen molar-refractivity contribution in [2.24, 2.45) is 46.3 Å². The molecule has 258 valence electrons. The van der Waals surface area contributed by atoms with Crippen LogP contribution in [-0.4, -0.2) is 50.1 Å². The number of amides is 1. The molecule has 0 aromatic heterocycles. The molecule has 4 unspecified atom stereocenters. The predicted molar refractivity (Wildman–Crippen MR) is 178 cm³/mol. The van der Waals surface area contributed by atoms with Gasteiger partial charge >= 0.3 is 5.97 Å². The standard InChI is InChI=1S/C38H59NO7/c1-22(2)8-7-17-38(6,45)32-12-9-26-25-21-31(28-20-24(40)15-18-36(28,4)27(25)16-19-37(26,32)5)46-34(43)14-13-33(42)39-29-10-11-30(41)23(3)35(29)44/h10-11,22,24-28,31-32,40-41,44-45H,7-9,12-21H2,1-6H3,(H,39,42)/t24-,25?,26?,27?,28+,31-,32?,36+,37-,38-/m0/s1. The SMILES string of the molecule is Cc1c(O)ccc(NC(=O)CCC(=O)O[C@H]2CC3C4CCC([C@@](C)(O)CCCC(C)C)[C@@]4(C)CCC3[C@@]3(C)CC[C@H](O)C[C@H]23)c1O. The monoisotopic (exact) mass is 641 g/mol. The summed E-state index contributed by atoms with van der Waals surface area (Å²) in [6.45, 7) is 12.9. The fourth-order valence-electron chi connectivity index (χ4n) is 10.9. The van der Waals surface area contributed by atoms with Gasteiger partial charge in [-0.1, -0.05) is 40.5 Å². The Bertz CT molecular complexity index is 1280. The van der Waals surface area contributed by atoms with Gasteiger partial charge in [0.05, 0.1) is 23.8 Å². The van der Waals surface area contributed by atoms with Gasteiger partial charge in [0.25, 0.3) is 0 Å². The molecule has 5 N–H and O–H groups in total. The number of hydrogen-bond donors (Lipinski definition) is 5. The number of esters is 1. The topological polar surface area (TPSA) is 136 Å². The number of anilines is 1. The molecule has 10 atom stereocenters. The van der Waals surface area contributed by atoms with E-state index in [0.29, 0.717) is 30.1 Å². The second kappa shape index (κ2) is 13.3. The molecule has 4 fully saturated rings. The van der Waals surface area contributed by atoms with Crippen LogP contribution in [0.25, 0.3) is 0 Å². The first-order chi connectivity index (χ1) is 21.6. The molecule has 8 heteroatoms. The molecule has 0 aliphatic heterocycles. The highest BCUT2D eigenvalue weighted by molar-refractivity contribution is 5.94. The molecule has 0 bridgehead atoms. The second-order valence-corrected chi connectivity index (χ2v) is 16.7. The minimum Gasteiger partial charge on any atom is -0.508 e. The van der Waals surface area contributed by atoms with Crippen molar-refractivity contribution in [3.63, 3.8) is 0 Å². The number of carbonyl (C=O) groups is 2. The van der Waals surface area contributed by atoms with Gasteiger partial charge in [-0.05, 0) is 124 Å². The molecule has 5 rings (SSSR count). The summed E-state index contributed by atoms with van der Waals surface area (Å²) in [6.07, 6.45) is 9.60. The van der Waals surface area contributed by atoms with Gasteiger partial charge < -0.3 is 30.5 Å². The Morgan fingerprint density at radius 3 is 2.41 bits per heavy atom. The minimum atomic E-state index is -0.691. The van der Waals surface area contributed by atoms with E-state index in [4.69, 9.17) is 4.74 Å². The number of nitrogens with one attached hydrogen (secondary N) is 1. The van der Waals surface area contributed by atoms with Crippen molar-refractivity contribution < 1.29 is 34.8 Å². The van der Waals surface area contributed by atoms with Gasteiger partial charge in [0.1, 0.15) is 17.6 Å². The molecule has 0 saturated heterocycles. The summed E-state index contributed by atoms with van der Waals surface area (Å²) < 4.78 is 6.27. The number of rotatable bonds is 10. The van der Waals surface area contributed by atoms with Crippen molar-refractivity contribution in [1.29, 1.82) is 0 Å². The maximum absolute atomic E-state index is 13.3. The van der Waals surface area contributed by atoms with E-state index >= 15 is 0 Å². The van der Waals surface area contributed by atoms with Crippen LogP contribution in [0.4, 0.5) is 5.69 Å². The van der Waals surface area contributed by atoms with E-state index in [9.17, 15) is 30.0 Å². The molecule has 4 aliphatic carbocycles. The third-order valence-electron chi connectivity index (χ3n) is 13.4. The van der Waals surface area contributed by atoms with Crippen LogP contribution in [0, 0.1) is 53.3 Å². The number of ether oxygens (including phenoxy) is 1. The van der Waals surface area contributed by atoms with Crippen molar-refractivity contribution in [1.82, 2.24) is 0 Å². The van der Waals surface area contributed by atoms with E-state index in [1.165, 1.54) is 12.1 Å². The molecule has 0 radical (unpaired) electrons. The van der Waals surface area contributed by atoms with Gasteiger partial charge in [-0.3, -0.25) is 9.59 Å². The summed E-state index contributed by atoms with van der Waals surface area (Å²) in [5.74, 6) is 1.24. The van der Waals surface area contributed by atoms with Crippen LogP contribution >= 0.6 is 0 Å². The average molecular weight is 642 g/mol. The number of benzene rings is 1. The molecule has 46 heavy (non-hydrogen) atoms. The lowest BCUT2D eigenvalue weighted by molar-refractivity contribution is -0.197. The fraction of sp³-hybridized carbons (Fsp3) is 0.789. The number of fused-ring (bicyclic) bond motifs is 5. The van der Waals surface area contributed by atoms with Gasteiger partial charge in [0.15, 0.2) is 0 Å². The van der Waals surface area contributed by atoms with E-state index < -0.39 is 23.6 Å². The first-order valence-corrected chi connectivity index (χ1v) is 18.0. The van der Waals surface area contributed by atoms with Crippen molar-refractivity contribution in [2.75, 3.05) is 5.32 Å². The van der Waals surface area contributed by atoms with Crippen LogP contribution in [0.1, 0.15) is 124 Å².